The Labute approximate surface area is 289 Å². The van der Waals surface area contributed by atoms with E-state index in [1.54, 1.807) is 18.2 Å². The molecule has 0 aliphatic carbocycles. The first-order valence-corrected chi connectivity index (χ1v) is 17.5. The molecular weight excluding hydrogens is 680 g/mol. The minimum Gasteiger partial charge on any atom is -0.486 e. The molecule has 0 saturated heterocycles. The first-order valence-electron chi connectivity index (χ1n) is 15.3. The normalized spacial score (nSPS) is 13.0. The van der Waals surface area contributed by atoms with Crippen LogP contribution in [0.25, 0.3) is 0 Å². The van der Waals surface area contributed by atoms with E-state index in [1.807, 2.05) is 37.3 Å². The summed E-state index contributed by atoms with van der Waals surface area (Å²) >= 11 is 13.1. The molecule has 2 amide bonds. The molecule has 0 saturated carbocycles. The summed E-state index contributed by atoms with van der Waals surface area (Å²) in [4.78, 5) is 29.5. The number of nitrogens with one attached hydrogen (secondary N) is 1. The Balaban J connectivity index is 1.59. The van der Waals surface area contributed by atoms with Crippen LogP contribution in [0.4, 0.5) is 10.1 Å². The Hall–Kier alpha value is -4.32. The molecule has 0 radical (unpaired) electrons. The molecule has 1 N–H and O–H groups in total. The van der Waals surface area contributed by atoms with Gasteiger partial charge in [0.15, 0.2) is 11.5 Å². The summed E-state index contributed by atoms with van der Waals surface area (Å²) in [6, 6.07) is 21.9. The fraction of sp³-hybridized carbons (Fsp3) is 0.257. The van der Waals surface area contributed by atoms with Crippen LogP contribution in [-0.2, 0) is 32.6 Å². The second kappa shape index (κ2) is 15.7. The number of hydrogen-bond donors (Lipinski definition) is 1. The molecule has 0 aromatic heterocycles. The van der Waals surface area contributed by atoms with E-state index in [-0.39, 0.29) is 46.0 Å². The van der Waals surface area contributed by atoms with Crippen molar-refractivity contribution in [1.82, 2.24) is 10.2 Å². The Morgan fingerprint density at radius 3 is 2.23 bits per heavy atom. The molecule has 48 heavy (non-hydrogen) atoms. The van der Waals surface area contributed by atoms with Gasteiger partial charge in [-0.3, -0.25) is 13.9 Å². The zero-order chi connectivity index (χ0) is 34.3. The largest absolute Gasteiger partial charge is 0.486 e. The number of hydrogen-bond acceptors (Lipinski definition) is 6. The lowest BCUT2D eigenvalue weighted by molar-refractivity contribution is -0.140. The summed E-state index contributed by atoms with van der Waals surface area (Å²) in [6.07, 6.45) is 0.774. The number of sulfonamides is 1. The Bertz CT molecular complexity index is 1840. The van der Waals surface area contributed by atoms with Crippen LogP contribution in [0.3, 0.4) is 0 Å². The van der Waals surface area contributed by atoms with Crippen molar-refractivity contribution in [1.29, 1.82) is 0 Å². The molecular formula is C35H34Cl2FN3O6S. The molecule has 5 rings (SSSR count). The summed E-state index contributed by atoms with van der Waals surface area (Å²) in [6.45, 7) is 1.88. The molecule has 9 nitrogen and oxygen atoms in total. The van der Waals surface area contributed by atoms with E-state index < -0.39 is 40.2 Å². The smallest absolute Gasteiger partial charge is 0.264 e. The van der Waals surface area contributed by atoms with Gasteiger partial charge in [0, 0.05) is 41.2 Å². The van der Waals surface area contributed by atoms with Crippen LogP contribution in [0, 0.1) is 5.82 Å². The maximum absolute atomic E-state index is 14.6. The standard InChI is InChI=1S/C35H34Cl2FN3O6S/c1-2-17-39-35(43)31(20-24-7-4-3-5-8-24)40(22-28-29(36)9-6-10-30(28)37)34(42)23-41(26-13-11-25(38)12-14-26)48(44,45)27-15-16-32-33(21-27)47-19-18-46-32/h3-16,21,31H,2,17-20,22-23H2,1H3,(H,39,43)/t31-/m1/s1. The number of rotatable bonds is 13. The molecule has 1 atom stereocenters. The molecule has 4 aromatic rings. The van der Waals surface area contributed by atoms with Gasteiger partial charge in [0.25, 0.3) is 10.0 Å². The number of halogens is 3. The number of ether oxygens (including phenoxy) is 2. The van der Waals surface area contributed by atoms with Crippen molar-refractivity contribution < 1.29 is 31.9 Å². The van der Waals surface area contributed by atoms with Crippen LogP contribution in [0.2, 0.25) is 10.0 Å². The summed E-state index contributed by atoms with van der Waals surface area (Å²) < 4.78 is 54.7. The van der Waals surface area contributed by atoms with Gasteiger partial charge < -0.3 is 19.7 Å². The van der Waals surface area contributed by atoms with Gasteiger partial charge in [-0.2, -0.15) is 0 Å². The van der Waals surface area contributed by atoms with Gasteiger partial charge in [0.2, 0.25) is 11.8 Å². The van der Waals surface area contributed by atoms with E-state index in [0.29, 0.717) is 30.9 Å². The van der Waals surface area contributed by atoms with Gasteiger partial charge in [0.1, 0.15) is 31.6 Å². The minimum absolute atomic E-state index is 0.0328. The molecule has 0 bridgehead atoms. The van der Waals surface area contributed by atoms with Crippen molar-refractivity contribution in [3.05, 3.63) is 118 Å². The predicted octanol–water partition coefficient (Wildman–Crippen LogP) is 6.27. The van der Waals surface area contributed by atoms with Gasteiger partial charge in [-0.15, -0.1) is 0 Å². The average Bonchev–Trinajstić information content (AvgIpc) is 3.09. The van der Waals surface area contributed by atoms with Crippen molar-refractivity contribution in [3.63, 3.8) is 0 Å². The fourth-order valence-electron chi connectivity index (χ4n) is 5.22. The van der Waals surface area contributed by atoms with E-state index in [4.69, 9.17) is 32.7 Å². The number of carbonyl (C=O) groups is 2. The van der Waals surface area contributed by atoms with Crippen LogP contribution in [0.1, 0.15) is 24.5 Å². The predicted molar refractivity (Wildman–Crippen MR) is 183 cm³/mol. The number of anilines is 1. The van der Waals surface area contributed by atoms with Crippen molar-refractivity contribution in [2.45, 2.75) is 37.2 Å². The summed E-state index contributed by atoms with van der Waals surface area (Å²) in [5, 5.41) is 3.42. The van der Waals surface area contributed by atoms with Crippen LogP contribution in [0.5, 0.6) is 11.5 Å². The highest BCUT2D eigenvalue weighted by Gasteiger charge is 2.35. The number of nitrogens with zero attached hydrogens (tertiary/aromatic N) is 2. The van der Waals surface area contributed by atoms with Gasteiger partial charge >= 0.3 is 0 Å². The number of carbonyl (C=O) groups excluding carboxylic acids is 2. The first kappa shape index (κ1) is 35.0. The van der Waals surface area contributed by atoms with Crippen LogP contribution in [0.15, 0.2) is 95.9 Å². The maximum Gasteiger partial charge on any atom is 0.264 e. The molecule has 0 unspecified atom stereocenters. The zero-order valence-electron chi connectivity index (χ0n) is 26.1. The van der Waals surface area contributed by atoms with Crippen LogP contribution >= 0.6 is 23.2 Å². The Kier molecular flexibility index (Phi) is 11.5. The summed E-state index contributed by atoms with van der Waals surface area (Å²) in [7, 11) is -4.46. The SMILES string of the molecule is CCCNC(=O)[C@@H](Cc1ccccc1)N(Cc1c(Cl)cccc1Cl)C(=O)CN(c1ccc(F)cc1)S(=O)(=O)c1ccc2c(c1)OCCO2. The van der Waals surface area contributed by atoms with Gasteiger partial charge in [0.05, 0.1) is 10.6 Å². The molecule has 1 aliphatic rings. The van der Waals surface area contributed by atoms with Crippen LogP contribution in [-0.4, -0.2) is 57.5 Å². The molecule has 0 spiro atoms. The van der Waals surface area contributed by atoms with E-state index in [1.165, 1.54) is 35.2 Å². The third-order valence-corrected chi connectivity index (χ3v) is 10.2. The van der Waals surface area contributed by atoms with Crippen molar-refractivity contribution in [3.8, 4) is 11.5 Å². The van der Waals surface area contributed by atoms with E-state index in [0.717, 1.165) is 22.0 Å². The minimum atomic E-state index is -4.46. The highest BCUT2D eigenvalue weighted by Crippen LogP contribution is 2.35. The number of benzene rings is 4. The highest BCUT2D eigenvalue weighted by atomic mass is 35.5. The van der Waals surface area contributed by atoms with Gasteiger partial charge in [-0.25, -0.2) is 12.8 Å². The third-order valence-electron chi connectivity index (χ3n) is 7.71. The van der Waals surface area contributed by atoms with Gasteiger partial charge in [-0.1, -0.05) is 66.5 Å². The van der Waals surface area contributed by atoms with Crippen molar-refractivity contribution in [2.75, 3.05) is 30.6 Å². The number of amides is 2. The van der Waals surface area contributed by atoms with Crippen molar-refractivity contribution in [2.24, 2.45) is 0 Å². The lowest BCUT2D eigenvalue weighted by Gasteiger charge is -2.34. The Morgan fingerprint density at radius 2 is 1.56 bits per heavy atom. The first-order chi connectivity index (χ1) is 23.1. The fourth-order valence-corrected chi connectivity index (χ4v) is 7.17. The average molecular weight is 715 g/mol. The quantitative estimate of drug-likeness (QED) is 0.175. The molecule has 252 valence electrons. The lowest BCUT2D eigenvalue weighted by atomic mass is 10.0. The van der Waals surface area contributed by atoms with E-state index in [9.17, 15) is 22.4 Å². The van der Waals surface area contributed by atoms with E-state index >= 15 is 0 Å². The summed E-state index contributed by atoms with van der Waals surface area (Å²) in [5.41, 5.74) is 1.19. The molecule has 1 aliphatic heterocycles. The van der Waals surface area contributed by atoms with Gasteiger partial charge in [-0.05, 0) is 60.5 Å². The third kappa shape index (κ3) is 8.21. The second-order valence-corrected chi connectivity index (χ2v) is 13.7. The summed E-state index contributed by atoms with van der Waals surface area (Å²) in [5.74, 6) is -1.12. The second-order valence-electron chi connectivity index (χ2n) is 11.0. The monoisotopic (exact) mass is 713 g/mol. The topological polar surface area (TPSA) is 105 Å². The van der Waals surface area contributed by atoms with E-state index in [2.05, 4.69) is 5.32 Å². The Morgan fingerprint density at radius 1 is 0.896 bits per heavy atom. The lowest BCUT2D eigenvalue weighted by Crippen LogP contribution is -2.53. The van der Waals surface area contributed by atoms with Crippen molar-refractivity contribution >= 4 is 50.7 Å². The highest BCUT2D eigenvalue weighted by molar-refractivity contribution is 7.92. The van der Waals surface area contributed by atoms with Crippen LogP contribution < -0.4 is 19.1 Å². The number of fused-ring (bicyclic) bond motifs is 1. The molecule has 13 heteroatoms. The maximum atomic E-state index is 14.6. The molecule has 1 heterocycles. The molecule has 0 fully saturated rings. The molecule has 4 aromatic carbocycles. The zero-order valence-corrected chi connectivity index (χ0v) is 28.4.